The molecule has 0 unspecified atom stereocenters. The van der Waals surface area contributed by atoms with Crippen LogP contribution in [-0.4, -0.2) is 43.1 Å². The van der Waals surface area contributed by atoms with Gasteiger partial charge >= 0.3 is 5.63 Å². The Kier molecular flexibility index (Phi) is 5.90. The molecule has 2 aliphatic heterocycles. The summed E-state index contributed by atoms with van der Waals surface area (Å²) in [6, 6.07) is 5.96. The fourth-order valence-corrected chi connectivity index (χ4v) is 4.50. The van der Waals surface area contributed by atoms with Crippen molar-refractivity contribution >= 4 is 22.6 Å². The minimum atomic E-state index is -0.422. The van der Waals surface area contributed by atoms with E-state index in [2.05, 4.69) is 18.7 Å². The van der Waals surface area contributed by atoms with Crippen LogP contribution in [0.1, 0.15) is 51.5 Å². The van der Waals surface area contributed by atoms with Crippen LogP contribution in [0.5, 0.6) is 5.75 Å². The van der Waals surface area contributed by atoms with Crippen LogP contribution >= 0.6 is 0 Å². The summed E-state index contributed by atoms with van der Waals surface area (Å²) >= 11 is 0. The largest absolute Gasteiger partial charge is 0.494 e. The number of carbonyl (C=O) groups is 1. The fourth-order valence-electron chi connectivity index (χ4n) is 4.50. The highest BCUT2D eigenvalue weighted by Gasteiger charge is 2.30. The molecule has 1 aromatic carbocycles. The second-order valence-corrected chi connectivity index (χ2v) is 8.19. The SMILES string of the molecule is CCCOc1ccc2oc(=O)c3c(c2c1)CCCN3C(=O)CN1CCCC[C@H]1C. The Bertz CT molecular complexity index is 952. The molecule has 6 heteroatoms. The number of carbonyl (C=O) groups excluding carboxylic acids is 1. The van der Waals surface area contributed by atoms with Gasteiger partial charge in [0, 0.05) is 18.0 Å². The van der Waals surface area contributed by atoms with E-state index in [9.17, 15) is 9.59 Å². The predicted octanol–water partition coefficient (Wildman–Crippen LogP) is 3.74. The maximum atomic E-state index is 13.2. The molecule has 1 amide bonds. The first-order valence-corrected chi connectivity index (χ1v) is 10.9. The van der Waals surface area contributed by atoms with Gasteiger partial charge in [-0.1, -0.05) is 13.3 Å². The summed E-state index contributed by atoms with van der Waals surface area (Å²) in [5.41, 5.74) is 1.46. The van der Waals surface area contributed by atoms with Gasteiger partial charge in [0.2, 0.25) is 5.91 Å². The fraction of sp³-hybridized carbons (Fsp3) is 0.565. The van der Waals surface area contributed by atoms with Gasteiger partial charge in [0.15, 0.2) is 0 Å². The van der Waals surface area contributed by atoms with E-state index in [1.54, 1.807) is 11.0 Å². The molecule has 0 N–H and O–H groups in total. The quantitative estimate of drug-likeness (QED) is 0.718. The third kappa shape index (κ3) is 4.04. The monoisotopic (exact) mass is 398 g/mol. The van der Waals surface area contributed by atoms with Gasteiger partial charge < -0.3 is 14.1 Å². The van der Waals surface area contributed by atoms with Crippen molar-refractivity contribution < 1.29 is 13.9 Å². The molecular weight excluding hydrogens is 368 g/mol. The zero-order valence-corrected chi connectivity index (χ0v) is 17.4. The lowest BCUT2D eigenvalue weighted by molar-refractivity contribution is -0.120. The summed E-state index contributed by atoms with van der Waals surface area (Å²) in [7, 11) is 0. The lowest BCUT2D eigenvalue weighted by Crippen LogP contribution is -2.48. The highest BCUT2D eigenvalue weighted by Crippen LogP contribution is 2.33. The molecule has 2 aromatic rings. The van der Waals surface area contributed by atoms with E-state index in [0.29, 0.717) is 37.0 Å². The Morgan fingerprint density at radius 3 is 2.90 bits per heavy atom. The number of hydrogen-bond acceptors (Lipinski definition) is 5. The normalized spacial score (nSPS) is 19.9. The number of fused-ring (bicyclic) bond motifs is 3. The molecule has 0 radical (unpaired) electrons. The Morgan fingerprint density at radius 2 is 2.10 bits per heavy atom. The number of aryl methyl sites for hydroxylation is 1. The molecule has 1 aromatic heterocycles. The molecule has 1 atom stereocenters. The molecule has 2 aliphatic rings. The maximum Gasteiger partial charge on any atom is 0.360 e. The van der Waals surface area contributed by atoms with Gasteiger partial charge in [0.1, 0.15) is 17.0 Å². The van der Waals surface area contributed by atoms with Crippen LogP contribution in [0.25, 0.3) is 11.0 Å². The number of piperidine rings is 1. The van der Waals surface area contributed by atoms with E-state index >= 15 is 0 Å². The zero-order chi connectivity index (χ0) is 20.4. The van der Waals surface area contributed by atoms with E-state index in [0.717, 1.165) is 55.3 Å². The first kappa shape index (κ1) is 20.0. The van der Waals surface area contributed by atoms with Crippen LogP contribution in [0.2, 0.25) is 0 Å². The zero-order valence-electron chi connectivity index (χ0n) is 17.4. The summed E-state index contributed by atoms with van der Waals surface area (Å²) in [4.78, 5) is 29.8. The number of likely N-dealkylation sites (tertiary alicyclic amines) is 1. The third-order valence-corrected chi connectivity index (χ3v) is 6.09. The average molecular weight is 399 g/mol. The van der Waals surface area contributed by atoms with Gasteiger partial charge in [0.05, 0.1) is 13.2 Å². The van der Waals surface area contributed by atoms with E-state index < -0.39 is 5.63 Å². The number of hydrogen-bond donors (Lipinski definition) is 0. The summed E-state index contributed by atoms with van der Waals surface area (Å²) in [6.45, 7) is 6.75. The minimum absolute atomic E-state index is 0.00950. The van der Waals surface area contributed by atoms with Gasteiger partial charge in [0.25, 0.3) is 0 Å². The van der Waals surface area contributed by atoms with Crippen LogP contribution in [0.3, 0.4) is 0 Å². The Hall–Kier alpha value is -2.34. The highest BCUT2D eigenvalue weighted by molar-refractivity contribution is 5.98. The van der Waals surface area contributed by atoms with Crippen LogP contribution in [0.15, 0.2) is 27.4 Å². The first-order valence-electron chi connectivity index (χ1n) is 10.9. The van der Waals surface area contributed by atoms with Crippen molar-refractivity contribution in [3.63, 3.8) is 0 Å². The van der Waals surface area contributed by atoms with Crippen LogP contribution in [0.4, 0.5) is 5.69 Å². The van der Waals surface area contributed by atoms with Crippen molar-refractivity contribution in [1.82, 2.24) is 4.90 Å². The van der Waals surface area contributed by atoms with Crippen molar-refractivity contribution in [1.29, 1.82) is 0 Å². The van der Waals surface area contributed by atoms with Crippen molar-refractivity contribution in [3.8, 4) is 5.75 Å². The molecule has 3 heterocycles. The summed E-state index contributed by atoms with van der Waals surface area (Å²) < 4.78 is 11.4. The standard InChI is InChI=1S/C23H30N2O4/c1-3-13-28-17-9-10-20-19(14-17)18-8-6-12-25(22(18)23(27)29-20)21(26)15-24-11-5-4-7-16(24)2/h9-10,14,16H,3-8,11-13,15H2,1-2H3/t16-/m1/s1. The molecular formula is C23H30N2O4. The van der Waals surface area contributed by atoms with Gasteiger partial charge in [-0.3, -0.25) is 9.69 Å². The van der Waals surface area contributed by atoms with E-state index in [1.807, 2.05) is 12.1 Å². The first-order chi connectivity index (χ1) is 14.1. The number of rotatable bonds is 5. The van der Waals surface area contributed by atoms with Crippen molar-refractivity contribution in [2.75, 3.05) is 31.1 Å². The predicted molar refractivity (Wildman–Crippen MR) is 114 cm³/mol. The van der Waals surface area contributed by atoms with Gasteiger partial charge in [-0.15, -0.1) is 0 Å². The molecule has 156 valence electrons. The summed E-state index contributed by atoms with van der Waals surface area (Å²) in [5, 5.41) is 0.872. The van der Waals surface area contributed by atoms with E-state index in [-0.39, 0.29) is 5.91 Å². The molecule has 0 bridgehead atoms. The summed E-state index contributed by atoms with van der Waals surface area (Å²) in [6.07, 6.45) is 6.00. The molecule has 4 rings (SSSR count). The summed E-state index contributed by atoms with van der Waals surface area (Å²) in [5.74, 6) is 0.755. The molecule has 0 spiro atoms. The number of ether oxygens (including phenoxy) is 1. The number of nitrogens with zero attached hydrogens (tertiary/aromatic N) is 2. The van der Waals surface area contributed by atoms with Crippen molar-refractivity contribution in [2.45, 2.75) is 58.4 Å². The maximum absolute atomic E-state index is 13.2. The van der Waals surface area contributed by atoms with Gasteiger partial charge in [-0.2, -0.15) is 0 Å². The second-order valence-electron chi connectivity index (χ2n) is 8.19. The molecule has 1 saturated heterocycles. The van der Waals surface area contributed by atoms with Gasteiger partial charge in [-0.25, -0.2) is 4.79 Å². The lowest BCUT2D eigenvalue weighted by atomic mass is 9.98. The highest BCUT2D eigenvalue weighted by atomic mass is 16.5. The molecule has 29 heavy (non-hydrogen) atoms. The van der Waals surface area contributed by atoms with Gasteiger partial charge in [-0.05, 0) is 69.3 Å². The molecule has 0 aliphatic carbocycles. The molecule has 6 nitrogen and oxygen atoms in total. The Morgan fingerprint density at radius 1 is 1.24 bits per heavy atom. The average Bonchev–Trinajstić information content (AvgIpc) is 2.73. The van der Waals surface area contributed by atoms with Crippen LogP contribution in [0, 0.1) is 0 Å². The van der Waals surface area contributed by atoms with Crippen LogP contribution < -0.4 is 15.3 Å². The number of benzene rings is 1. The second kappa shape index (κ2) is 8.57. The number of anilines is 1. The topological polar surface area (TPSA) is 63.0 Å². The Balaban J connectivity index is 1.67. The van der Waals surface area contributed by atoms with Crippen LogP contribution in [-0.2, 0) is 11.2 Å². The smallest absolute Gasteiger partial charge is 0.360 e. The minimum Gasteiger partial charge on any atom is -0.494 e. The molecule has 1 fully saturated rings. The lowest BCUT2D eigenvalue weighted by Gasteiger charge is -2.35. The van der Waals surface area contributed by atoms with E-state index in [4.69, 9.17) is 9.15 Å². The van der Waals surface area contributed by atoms with Crippen molar-refractivity contribution in [3.05, 3.63) is 34.2 Å². The van der Waals surface area contributed by atoms with E-state index in [1.165, 1.54) is 6.42 Å². The third-order valence-electron chi connectivity index (χ3n) is 6.09. The Labute approximate surface area is 171 Å². The molecule has 0 saturated carbocycles. The van der Waals surface area contributed by atoms with Crippen molar-refractivity contribution in [2.24, 2.45) is 0 Å². The number of amides is 1.